The predicted molar refractivity (Wildman–Crippen MR) is 172 cm³/mol. The Labute approximate surface area is 261 Å². The van der Waals surface area contributed by atoms with Gasteiger partial charge in [0.25, 0.3) is 0 Å². The van der Waals surface area contributed by atoms with Gasteiger partial charge in [-0.15, -0.1) is 0 Å². The van der Waals surface area contributed by atoms with Crippen LogP contribution in [0.4, 0.5) is 14.6 Å². The molecule has 0 aliphatic carbocycles. The van der Waals surface area contributed by atoms with Crippen LogP contribution in [0, 0.1) is 12.7 Å². The predicted octanol–water partition coefficient (Wildman–Crippen LogP) is 7.01. The van der Waals surface area contributed by atoms with Crippen LogP contribution in [0.25, 0.3) is 32.8 Å². The average Bonchev–Trinajstić information content (AvgIpc) is 3.65. The van der Waals surface area contributed by atoms with E-state index in [0.717, 1.165) is 79.2 Å². The van der Waals surface area contributed by atoms with E-state index in [4.69, 9.17) is 26.3 Å². The van der Waals surface area contributed by atoms with E-state index < -0.39 is 12.0 Å². The second kappa shape index (κ2) is 10.8. The van der Waals surface area contributed by atoms with Crippen molar-refractivity contribution in [2.45, 2.75) is 76.2 Å². The Morgan fingerprint density at radius 2 is 1.93 bits per heavy atom. The zero-order chi connectivity index (χ0) is 30.2. The van der Waals surface area contributed by atoms with Gasteiger partial charge >= 0.3 is 6.01 Å². The fraction of sp³-hybridized carbons (Fsp3) is 0.486. The highest BCUT2D eigenvalue weighted by Gasteiger charge is 2.49. The summed E-state index contributed by atoms with van der Waals surface area (Å²) in [6.07, 6.45) is 4.51. The molecular formula is C35H38ClF2N5O. The Morgan fingerprint density at radius 3 is 2.73 bits per heavy atom. The van der Waals surface area contributed by atoms with Crippen molar-refractivity contribution in [2.24, 2.45) is 0 Å². The Kier molecular flexibility index (Phi) is 6.96. The normalized spacial score (nSPS) is 26.7. The molecule has 2 unspecified atom stereocenters. The van der Waals surface area contributed by atoms with Gasteiger partial charge in [-0.2, -0.15) is 9.97 Å². The molecule has 4 fully saturated rings. The summed E-state index contributed by atoms with van der Waals surface area (Å²) in [5.41, 5.74) is 3.14. The number of nitrogens with one attached hydrogen (secondary N) is 1. The summed E-state index contributed by atoms with van der Waals surface area (Å²) in [5, 5.41) is 6.66. The van der Waals surface area contributed by atoms with Crippen molar-refractivity contribution in [3.05, 3.63) is 58.4 Å². The van der Waals surface area contributed by atoms with Gasteiger partial charge in [0.2, 0.25) is 0 Å². The molecule has 3 aromatic carbocycles. The highest BCUT2D eigenvalue weighted by molar-refractivity contribution is 6.35. The summed E-state index contributed by atoms with van der Waals surface area (Å²) in [5.74, 6) is 0.178. The first-order chi connectivity index (χ1) is 21.3. The number of ether oxygens (including phenoxy) is 1. The van der Waals surface area contributed by atoms with E-state index in [9.17, 15) is 4.39 Å². The van der Waals surface area contributed by atoms with Gasteiger partial charge in [0, 0.05) is 49.1 Å². The third-order valence-electron chi connectivity index (χ3n) is 10.4. The Hall–Kier alpha value is -3.07. The van der Waals surface area contributed by atoms with Gasteiger partial charge in [0.15, 0.2) is 5.82 Å². The number of hydrogen-bond donors (Lipinski definition) is 1. The summed E-state index contributed by atoms with van der Waals surface area (Å²) in [7, 11) is 0. The standard InChI is InChI=1S/C35H38ClF2N5O/c1-3-21-6-4-7-22-12-20(2)13-26(29(21)22)30-28(36)14-27-32(31(30)38)40-34(41-33(27)42-17-24-8-9-25(18-42)39-24)44-19-35-10-5-11-43(35)16-23(37)15-35/h4,6-7,12-14,23-25,39H,3,5,8-11,15-19H2,1-2H3/t23-,24?,25?,35+/m1/s1. The first-order valence-corrected chi connectivity index (χ1v) is 16.4. The van der Waals surface area contributed by atoms with Crippen molar-refractivity contribution < 1.29 is 13.5 Å². The molecule has 5 heterocycles. The van der Waals surface area contributed by atoms with Crippen LogP contribution in [0.5, 0.6) is 6.01 Å². The van der Waals surface area contributed by atoms with E-state index in [0.29, 0.717) is 46.8 Å². The lowest BCUT2D eigenvalue weighted by molar-refractivity contribution is 0.107. The minimum absolute atomic E-state index is 0.137. The van der Waals surface area contributed by atoms with Gasteiger partial charge in [-0.25, -0.2) is 8.78 Å². The number of rotatable bonds is 6. The second-order valence-corrected chi connectivity index (χ2v) is 13.8. The fourth-order valence-corrected chi connectivity index (χ4v) is 8.77. The van der Waals surface area contributed by atoms with E-state index in [1.54, 1.807) is 0 Å². The molecule has 9 heteroatoms. The van der Waals surface area contributed by atoms with Gasteiger partial charge in [0.1, 0.15) is 24.1 Å². The molecule has 0 saturated carbocycles. The number of benzene rings is 3. The van der Waals surface area contributed by atoms with Crippen LogP contribution in [-0.4, -0.2) is 71.4 Å². The topological polar surface area (TPSA) is 53.5 Å². The lowest BCUT2D eigenvalue weighted by Crippen LogP contribution is -2.51. The third kappa shape index (κ3) is 4.63. The maximum Gasteiger partial charge on any atom is 0.319 e. The van der Waals surface area contributed by atoms with Crippen LogP contribution in [0.1, 0.15) is 50.2 Å². The minimum atomic E-state index is -0.859. The van der Waals surface area contributed by atoms with Crippen LogP contribution in [0.2, 0.25) is 5.02 Å². The molecule has 1 aromatic heterocycles. The second-order valence-electron chi connectivity index (χ2n) is 13.4. The zero-order valence-electron chi connectivity index (χ0n) is 25.3. The van der Waals surface area contributed by atoms with Gasteiger partial charge < -0.3 is 15.0 Å². The molecule has 0 radical (unpaired) electrons. The molecule has 4 saturated heterocycles. The highest BCUT2D eigenvalue weighted by Crippen LogP contribution is 2.44. The fourth-order valence-electron chi connectivity index (χ4n) is 8.48. The van der Waals surface area contributed by atoms with Crippen molar-refractivity contribution in [1.29, 1.82) is 0 Å². The molecule has 0 spiro atoms. The van der Waals surface area contributed by atoms with Crippen molar-refractivity contribution in [1.82, 2.24) is 20.2 Å². The molecule has 8 rings (SSSR count). The number of anilines is 1. The Bertz CT molecular complexity index is 1770. The highest BCUT2D eigenvalue weighted by atomic mass is 35.5. The van der Waals surface area contributed by atoms with Crippen molar-refractivity contribution >= 4 is 39.1 Å². The molecule has 4 aromatic rings. The van der Waals surface area contributed by atoms with Crippen LogP contribution >= 0.6 is 11.6 Å². The Morgan fingerprint density at radius 1 is 1.11 bits per heavy atom. The maximum absolute atomic E-state index is 17.1. The summed E-state index contributed by atoms with van der Waals surface area (Å²) < 4.78 is 37.9. The van der Waals surface area contributed by atoms with Crippen LogP contribution < -0.4 is 15.0 Å². The molecular weight excluding hydrogens is 580 g/mol. The van der Waals surface area contributed by atoms with Crippen LogP contribution in [0.3, 0.4) is 0 Å². The molecule has 4 atom stereocenters. The molecule has 2 bridgehead atoms. The molecule has 4 aliphatic heterocycles. The summed E-state index contributed by atoms with van der Waals surface area (Å²) >= 11 is 7.03. The third-order valence-corrected chi connectivity index (χ3v) is 10.7. The number of aromatic nitrogens is 2. The number of nitrogens with zero attached hydrogens (tertiary/aromatic N) is 4. The van der Waals surface area contributed by atoms with Crippen LogP contribution in [-0.2, 0) is 6.42 Å². The van der Waals surface area contributed by atoms with Crippen molar-refractivity contribution in [3.8, 4) is 17.1 Å². The maximum atomic E-state index is 17.1. The molecule has 0 amide bonds. The largest absolute Gasteiger partial charge is 0.461 e. The first kappa shape index (κ1) is 28.4. The zero-order valence-corrected chi connectivity index (χ0v) is 26.1. The first-order valence-electron chi connectivity index (χ1n) is 16.1. The molecule has 1 N–H and O–H groups in total. The lowest BCUT2D eigenvalue weighted by atomic mass is 9.91. The summed E-state index contributed by atoms with van der Waals surface area (Å²) in [6.45, 7) is 7.28. The number of piperazine rings is 1. The van der Waals surface area contributed by atoms with E-state index in [1.807, 2.05) is 25.1 Å². The quantitative estimate of drug-likeness (QED) is 0.251. The van der Waals surface area contributed by atoms with Gasteiger partial charge in [-0.1, -0.05) is 48.9 Å². The molecule has 230 valence electrons. The lowest BCUT2D eigenvalue weighted by Gasteiger charge is -2.34. The van der Waals surface area contributed by atoms with Crippen LogP contribution in [0.15, 0.2) is 36.4 Å². The summed E-state index contributed by atoms with van der Waals surface area (Å²) in [4.78, 5) is 14.1. The molecule has 44 heavy (non-hydrogen) atoms. The number of hydrogen-bond acceptors (Lipinski definition) is 6. The monoisotopic (exact) mass is 617 g/mol. The SMILES string of the molecule is CCc1cccc2cc(C)cc(-c3c(Cl)cc4c(N5CC6CCC(C5)N6)nc(OC[C@@]56CCCN5C[C@H](F)C6)nc4c3F)c12. The van der Waals surface area contributed by atoms with E-state index in [2.05, 4.69) is 40.2 Å². The molecule has 6 nitrogen and oxygen atoms in total. The smallest absolute Gasteiger partial charge is 0.319 e. The number of alkyl halides is 1. The van der Waals surface area contributed by atoms with Gasteiger partial charge in [0.05, 0.1) is 10.6 Å². The van der Waals surface area contributed by atoms with Gasteiger partial charge in [-0.05, 0) is 79.1 Å². The Balaban J connectivity index is 1.29. The van der Waals surface area contributed by atoms with E-state index in [1.165, 1.54) is 0 Å². The number of aryl methyl sites for hydroxylation is 2. The van der Waals surface area contributed by atoms with E-state index in [-0.39, 0.29) is 23.7 Å². The van der Waals surface area contributed by atoms with E-state index >= 15 is 4.39 Å². The van der Waals surface area contributed by atoms with Gasteiger partial charge in [-0.3, -0.25) is 4.90 Å². The van der Waals surface area contributed by atoms with Crippen molar-refractivity contribution in [2.75, 3.05) is 37.7 Å². The van der Waals surface area contributed by atoms with Crippen molar-refractivity contribution in [3.63, 3.8) is 0 Å². The molecule has 4 aliphatic rings. The average molecular weight is 618 g/mol. The summed E-state index contributed by atoms with van der Waals surface area (Å²) in [6, 6.07) is 13.1. The minimum Gasteiger partial charge on any atom is -0.461 e. The number of halogens is 3. The number of fused-ring (bicyclic) bond motifs is 5.